The van der Waals surface area contributed by atoms with Crippen LogP contribution in [0.1, 0.15) is 8.29 Å². The summed E-state index contributed by atoms with van der Waals surface area (Å²) >= 11 is 0.872. The molecule has 0 aliphatic rings. The number of pyridine rings is 1. The highest BCUT2D eigenvalue weighted by atomic mass is 32.2. The van der Waals surface area contributed by atoms with Gasteiger partial charge in [-0.15, -0.1) is 0 Å². The second-order valence-corrected chi connectivity index (χ2v) is 3.90. The standard InChI is InChI=1S/C13H13NO3S/c1-2-16-18-17-12-8-4-3-7-11(12)14-10-6-5-9-13(14)15/h3-10H,2H2,1H3/i5T. The molecule has 2 aromatic rings. The van der Waals surface area contributed by atoms with E-state index in [2.05, 4.69) is 0 Å². The summed E-state index contributed by atoms with van der Waals surface area (Å²) in [5, 5.41) is 0. The number of para-hydroxylation sites is 2. The van der Waals surface area contributed by atoms with Crippen molar-refractivity contribution in [2.45, 2.75) is 6.92 Å². The minimum absolute atomic E-state index is 0.184. The van der Waals surface area contributed by atoms with Crippen molar-refractivity contribution >= 4 is 12.3 Å². The van der Waals surface area contributed by atoms with Crippen molar-refractivity contribution in [3.63, 3.8) is 0 Å². The van der Waals surface area contributed by atoms with E-state index in [1.54, 1.807) is 24.4 Å². The quantitative estimate of drug-likeness (QED) is 0.615. The molecule has 0 atom stereocenters. The highest BCUT2D eigenvalue weighted by molar-refractivity contribution is 7.90. The molecule has 0 radical (unpaired) electrons. The van der Waals surface area contributed by atoms with Gasteiger partial charge in [0.05, 0.1) is 13.7 Å². The van der Waals surface area contributed by atoms with Gasteiger partial charge in [-0.05, 0) is 25.1 Å². The molecule has 0 saturated carbocycles. The second kappa shape index (κ2) is 6.28. The third kappa shape index (κ3) is 2.94. The highest BCUT2D eigenvalue weighted by Gasteiger charge is 2.06. The Kier molecular flexibility index (Phi) is 3.97. The normalized spacial score (nSPS) is 11.1. The van der Waals surface area contributed by atoms with Crippen LogP contribution in [0.2, 0.25) is 0 Å². The van der Waals surface area contributed by atoms with Gasteiger partial charge in [-0.2, -0.15) is 0 Å². The number of hydrogen-bond donors (Lipinski definition) is 0. The first-order valence-electron chi connectivity index (χ1n) is 5.97. The van der Waals surface area contributed by atoms with Crippen LogP contribution in [0.25, 0.3) is 5.69 Å². The summed E-state index contributed by atoms with van der Waals surface area (Å²) in [7, 11) is 0. The van der Waals surface area contributed by atoms with E-state index < -0.39 is 0 Å². The monoisotopic (exact) mass is 265 g/mol. The van der Waals surface area contributed by atoms with Gasteiger partial charge in [-0.3, -0.25) is 13.5 Å². The number of benzene rings is 1. The molecule has 1 aromatic heterocycles. The van der Waals surface area contributed by atoms with Crippen molar-refractivity contribution in [3.8, 4) is 11.4 Å². The molecule has 0 spiro atoms. The molecule has 0 aliphatic heterocycles. The Balaban J connectivity index is 2.36. The summed E-state index contributed by atoms with van der Waals surface area (Å²) in [6.45, 7) is 2.39. The second-order valence-electron chi connectivity index (χ2n) is 3.36. The van der Waals surface area contributed by atoms with Gasteiger partial charge in [0.15, 0.2) is 5.75 Å². The molecule has 4 nitrogen and oxygen atoms in total. The molecule has 18 heavy (non-hydrogen) atoms. The summed E-state index contributed by atoms with van der Waals surface area (Å²) < 4.78 is 19.3. The van der Waals surface area contributed by atoms with E-state index in [0.717, 1.165) is 12.3 Å². The van der Waals surface area contributed by atoms with Crippen LogP contribution in [-0.4, -0.2) is 11.2 Å². The van der Waals surface area contributed by atoms with Gasteiger partial charge in [0, 0.05) is 12.3 Å². The van der Waals surface area contributed by atoms with Crippen molar-refractivity contribution in [1.82, 2.24) is 4.57 Å². The van der Waals surface area contributed by atoms with Gasteiger partial charge < -0.3 is 4.18 Å². The third-order valence-electron chi connectivity index (χ3n) is 2.18. The molecular weight excluding hydrogens is 250 g/mol. The van der Waals surface area contributed by atoms with E-state index >= 15 is 0 Å². The molecule has 0 saturated heterocycles. The van der Waals surface area contributed by atoms with Gasteiger partial charge in [0.2, 0.25) is 12.3 Å². The van der Waals surface area contributed by atoms with E-state index in [0.29, 0.717) is 18.0 Å². The summed E-state index contributed by atoms with van der Waals surface area (Å²) in [6, 6.07) is 10.1. The lowest BCUT2D eigenvalue weighted by Crippen LogP contribution is -2.16. The van der Waals surface area contributed by atoms with Crippen molar-refractivity contribution < 1.29 is 9.74 Å². The number of nitrogens with zero attached hydrogens (tertiary/aromatic N) is 1. The average molecular weight is 265 g/mol. The van der Waals surface area contributed by atoms with Crippen molar-refractivity contribution in [3.05, 3.63) is 59.0 Å². The Morgan fingerprint density at radius 2 is 2.17 bits per heavy atom. The Labute approximate surface area is 111 Å². The topological polar surface area (TPSA) is 40.5 Å². The number of hydrogen-bond acceptors (Lipinski definition) is 4. The molecule has 0 fully saturated rings. The molecule has 1 aromatic carbocycles. The van der Waals surface area contributed by atoms with E-state index in [9.17, 15) is 4.79 Å². The van der Waals surface area contributed by atoms with Crippen molar-refractivity contribution in [1.29, 1.82) is 0 Å². The van der Waals surface area contributed by atoms with Crippen molar-refractivity contribution in [2.75, 3.05) is 6.61 Å². The minimum atomic E-state index is -0.273. The van der Waals surface area contributed by atoms with Gasteiger partial charge in [-0.1, -0.05) is 18.2 Å². The summed E-state index contributed by atoms with van der Waals surface area (Å²) in [5.41, 5.74) is 0.338. The van der Waals surface area contributed by atoms with Crippen LogP contribution in [0.4, 0.5) is 0 Å². The molecule has 0 unspecified atom stereocenters. The largest absolute Gasteiger partial charge is 0.398 e. The van der Waals surface area contributed by atoms with E-state index in [1.807, 2.05) is 19.1 Å². The van der Waals surface area contributed by atoms with E-state index in [1.165, 1.54) is 10.6 Å². The van der Waals surface area contributed by atoms with Gasteiger partial charge in [0.1, 0.15) is 0 Å². The number of aromatic nitrogens is 1. The smallest absolute Gasteiger partial charge is 0.255 e. The maximum atomic E-state index is 11.9. The fourth-order valence-electron chi connectivity index (χ4n) is 1.41. The molecule has 0 aliphatic carbocycles. The first kappa shape index (κ1) is 11.4. The molecule has 0 N–H and O–H groups in total. The predicted octanol–water partition coefficient (Wildman–Crippen LogP) is 2.82. The molecule has 5 heteroatoms. The van der Waals surface area contributed by atoms with E-state index in [4.69, 9.17) is 9.74 Å². The van der Waals surface area contributed by atoms with Gasteiger partial charge in [-0.25, -0.2) is 0 Å². The van der Waals surface area contributed by atoms with Gasteiger partial charge >= 0.3 is 0 Å². The van der Waals surface area contributed by atoms with Gasteiger partial charge in [0.25, 0.3) is 5.56 Å². The molecular formula is C13H13NO3S. The first-order valence-corrected chi connectivity index (χ1v) is 6.14. The van der Waals surface area contributed by atoms with Crippen LogP contribution in [-0.2, 0) is 4.18 Å². The van der Waals surface area contributed by atoms with Crippen LogP contribution < -0.4 is 9.74 Å². The Bertz CT molecular complexity index is 615. The molecule has 2 rings (SSSR count). The Morgan fingerprint density at radius 3 is 2.94 bits per heavy atom. The minimum Gasteiger partial charge on any atom is -0.398 e. The third-order valence-corrected chi connectivity index (χ3v) is 2.76. The van der Waals surface area contributed by atoms with Crippen molar-refractivity contribution in [2.24, 2.45) is 0 Å². The fourth-order valence-corrected chi connectivity index (χ4v) is 1.77. The highest BCUT2D eigenvalue weighted by Crippen LogP contribution is 2.24. The van der Waals surface area contributed by atoms with Crippen LogP contribution in [0.15, 0.2) is 53.4 Å². The predicted molar refractivity (Wildman–Crippen MR) is 71.9 cm³/mol. The average Bonchev–Trinajstić information content (AvgIpc) is 2.40. The zero-order valence-electron chi connectivity index (χ0n) is 10.8. The lowest BCUT2D eigenvalue weighted by molar-refractivity contribution is 0.369. The molecule has 0 amide bonds. The summed E-state index contributed by atoms with van der Waals surface area (Å²) in [5.74, 6) is 0.529. The van der Waals surface area contributed by atoms with E-state index in [-0.39, 0.29) is 11.6 Å². The summed E-state index contributed by atoms with van der Waals surface area (Å²) in [4.78, 5) is 11.9. The fraction of sp³-hybridized carbons (Fsp3) is 0.154. The van der Waals surface area contributed by atoms with Crippen LogP contribution >= 0.6 is 12.3 Å². The van der Waals surface area contributed by atoms with Crippen LogP contribution in [0.5, 0.6) is 5.75 Å². The number of rotatable bonds is 5. The lowest BCUT2D eigenvalue weighted by Gasteiger charge is -2.10. The first-order chi connectivity index (χ1) is 9.22. The Hall–Kier alpha value is -1.72. The molecule has 94 valence electrons. The lowest BCUT2D eigenvalue weighted by atomic mass is 10.3. The maximum Gasteiger partial charge on any atom is 0.255 e. The SMILES string of the molecule is [3H]c1ccn(-c2ccccc2OSOCC)c(=O)c1. The molecule has 0 bridgehead atoms. The van der Waals surface area contributed by atoms with Crippen LogP contribution in [0.3, 0.4) is 0 Å². The Morgan fingerprint density at radius 1 is 1.33 bits per heavy atom. The molecule has 1 heterocycles. The summed E-state index contributed by atoms with van der Waals surface area (Å²) in [6.07, 6.45) is 1.55. The maximum absolute atomic E-state index is 11.9. The zero-order chi connectivity index (χ0) is 13.7. The zero-order valence-corrected chi connectivity index (χ0v) is 10.6. The van der Waals surface area contributed by atoms with Crippen LogP contribution in [0, 0.1) is 0 Å².